The average molecular weight is 549 g/mol. The van der Waals surface area contributed by atoms with Gasteiger partial charge in [-0.15, -0.1) is 0 Å². The van der Waals surface area contributed by atoms with Crippen molar-refractivity contribution in [3.05, 3.63) is 172 Å². The van der Waals surface area contributed by atoms with Crippen molar-refractivity contribution in [1.29, 1.82) is 0 Å². The van der Waals surface area contributed by atoms with Gasteiger partial charge in [-0.05, 0) is 42.8 Å². The first-order valence-corrected chi connectivity index (χ1v) is 13.4. The Bertz CT molecular complexity index is 1580. The van der Waals surface area contributed by atoms with Crippen LogP contribution in [-0.2, 0) is 0 Å². The van der Waals surface area contributed by atoms with E-state index in [1.54, 1.807) is 57.8 Å². The molecule has 0 spiro atoms. The van der Waals surface area contributed by atoms with Gasteiger partial charge < -0.3 is 10.3 Å². The van der Waals surface area contributed by atoms with Gasteiger partial charge in [0, 0.05) is 36.3 Å². The van der Waals surface area contributed by atoms with Crippen LogP contribution in [0.2, 0.25) is 0 Å². The van der Waals surface area contributed by atoms with Gasteiger partial charge in [0.15, 0.2) is 0 Å². The molecule has 5 rings (SSSR count). The normalized spacial score (nSPS) is 12.6. The number of aromatic amines is 1. The van der Waals surface area contributed by atoms with E-state index < -0.39 is 0 Å². The van der Waals surface area contributed by atoms with Crippen molar-refractivity contribution in [2.75, 3.05) is 7.05 Å². The second-order valence-corrected chi connectivity index (χ2v) is 9.67. The Kier molecular flexibility index (Phi) is 9.94. The molecule has 5 aromatic rings. The SMILES string of the molecule is C=N/C(=C\NC)C(c1ccccc1)c1cccc(C)c1F.Cc1cccc(C(c2ccccc2)c2cnc[nH]2)c1F. The predicted octanol–water partition coefficient (Wildman–Crippen LogP) is 8.06. The largest absolute Gasteiger partial charge is 0.392 e. The van der Waals surface area contributed by atoms with Crippen LogP contribution in [0.15, 0.2) is 126 Å². The first-order chi connectivity index (χ1) is 20.0. The van der Waals surface area contributed by atoms with Crippen molar-refractivity contribution in [2.45, 2.75) is 25.7 Å². The van der Waals surface area contributed by atoms with Gasteiger partial charge in [0.1, 0.15) is 11.6 Å². The molecular formula is C35H34F2N4. The highest BCUT2D eigenvalue weighted by Gasteiger charge is 2.23. The number of hydrogen-bond donors (Lipinski definition) is 2. The maximum atomic E-state index is 14.6. The summed E-state index contributed by atoms with van der Waals surface area (Å²) in [6.07, 6.45) is 5.13. The Morgan fingerprint density at radius 3 is 1.90 bits per heavy atom. The predicted molar refractivity (Wildman–Crippen MR) is 163 cm³/mol. The zero-order chi connectivity index (χ0) is 29.2. The molecule has 0 saturated heterocycles. The Morgan fingerprint density at radius 2 is 1.37 bits per heavy atom. The van der Waals surface area contributed by atoms with Crippen molar-refractivity contribution in [3.8, 4) is 0 Å². The molecule has 1 heterocycles. The van der Waals surface area contributed by atoms with Gasteiger partial charge >= 0.3 is 0 Å². The van der Waals surface area contributed by atoms with Gasteiger partial charge in [0.05, 0.1) is 23.9 Å². The molecule has 0 saturated carbocycles. The molecule has 2 N–H and O–H groups in total. The van der Waals surface area contributed by atoms with E-state index in [-0.39, 0.29) is 23.5 Å². The topological polar surface area (TPSA) is 53.1 Å². The lowest BCUT2D eigenvalue weighted by Crippen LogP contribution is -2.09. The van der Waals surface area contributed by atoms with E-state index >= 15 is 0 Å². The van der Waals surface area contributed by atoms with Crippen molar-refractivity contribution < 1.29 is 8.78 Å². The summed E-state index contributed by atoms with van der Waals surface area (Å²) in [5, 5.41) is 2.95. The van der Waals surface area contributed by atoms with E-state index in [0.29, 0.717) is 28.0 Å². The highest BCUT2D eigenvalue weighted by molar-refractivity contribution is 5.45. The van der Waals surface area contributed by atoms with Crippen LogP contribution in [0.4, 0.5) is 8.78 Å². The van der Waals surface area contributed by atoms with E-state index in [4.69, 9.17) is 0 Å². The number of nitrogens with zero attached hydrogens (tertiary/aromatic N) is 2. The van der Waals surface area contributed by atoms with Crippen LogP contribution in [-0.4, -0.2) is 23.7 Å². The highest BCUT2D eigenvalue weighted by atomic mass is 19.1. The Labute approximate surface area is 240 Å². The Morgan fingerprint density at radius 1 is 0.805 bits per heavy atom. The molecule has 0 amide bonds. The van der Waals surface area contributed by atoms with Crippen molar-refractivity contribution >= 4 is 6.72 Å². The number of hydrogen-bond acceptors (Lipinski definition) is 3. The lowest BCUT2D eigenvalue weighted by Gasteiger charge is -2.20. The minimum absolute atomic E-state index is 0.157. The highest BCUT2D eigenvalue weighted by Crippen LogP contribution is 2.35. The Balaban J connectivity index is 0.000000189. The molecule has 41 heavy (non-hydrogen) atoms. The molecule has 4 nitrogen and oxygen atoms in total. The van der Waals surface area contributed by atoms with Crippen molar-refractivity contribution in [1.82, 2.24) is 15.3 Å². The fourth-order valence-electron chi connectivity index (χ4n) is 4.91. The zero-order valence-corrected chi connectivity index (χ0v) is 23.5. The van der Waals surface area contributed by atoms with Gasteiger partial charge in [0.2, 0.25) is 0 Å². The molecule has 0 fully saturated rings. The van der Waals surface area contributed by atoms with E-state index in [2.05, 4.69) is 27.0 Å². The summed E-state index contributed by atoms with van der Waals surface area (Å²) in [6.45, 7) is 7.18. The number of aliphatic imine (C=N–C) groups is 1. The maximum Gasteiger partial charge on any atom is 0.130 e. The molecule has 0 bridgehead atoms. The van der Waals surface area contributed by atoms with Crippen LogP contribution >= 0.6 is 0 Å². The summed E-state index contributed by atoms with van der Waals surface area (Å²) in [7, 11) is 1.79. The van der Waals surface area contributed by atoms with Crippen LogP contribution in [0.25, 0.3) is 0 Å². The minimum Gasteiger partial charge on any atom is -0.392 e. The standard InChI is InChI=1S/C18H19FN2.C17H15FN2/c1-13-8-7-11-15(18(13)19)17(16(21-3)12-20-2)14-9-5-4-6-10-14;1-12-6-5-9-14(17(12)18)16(15-10-19-11-20-15)13-7-3-2-4-8-13/h4-12,17,20H,3H2,1-2H3;2-11,16H,1H3,(H,19,20)/b16-12-;. The molecule has 0 radical (unpaired) electrons. The number of halogens is 2. The molecule has 208 valence electrons. The van der Waals surface area contributed by atoms with Crippen LogP contribution in [0.5, 0.6) is 0 Å². The summed E-state index contributed by atoms with van der Waals surface area (Å²) in [5.74, 6) is -0.803. The second kappa shape index (κ2) is 14.0. The van der Waals surface area contributed by atoms with E-state index in [1.807, 2.05) is 78.9 Å². The van der Waals surface area contributed by atoms with E-state index in [0.717, 1.165) is 16.8 Å². The summed E-state index contributed by atoms with van der Waals surface area (Å²) in [5.41, 5.74) is 6.16. The summed E-state index contributed by atoms with van der Waals surface area (Å²) < 4.78 is 29.1. The van der Waals surface area contributed by atoms with E-state index in [1.165, 1.54) is 0 Å². The molecule has 0 aliphatic rings. The minimum atomic E-state index is -0.281. The second-order valence-electron chi connectivity index (χ2n) is 9.67. The monoisotopic (exact) mass is 548 g/mol. The third kappa shape index (κ3) is 6.84. The Hall–Kier alpha value is -4.84. The number of aryl methyl sites for hydroxylation is 2. The fraction of sp³-hybridized carbons (Fsp3) is 0.143. The number of aromatic nitrogens is 2. The van der Waals surface area contributed by atoms with Crippen LogP contribution in [0.3, 0.4) is 0 Å². The van der Waals surface area contributed by atoms with Gasteiger partial charge in [-0.1, -0.05) is 97.1 Å². The smallest absolute Gasteiger partial charge is 0.130 e. The first kappa shape index (κ1) is 29.2. The third-order valence-corrected chi connectivity index (χ3v) is 6.93. The molecule has 0 aliphatic carbocycles. The number of imidazole rings is 1. The van der Waals surface area contributed by atoms with Gasteiger partial charge in [-0.2, -0.15) is 0 Å². The number of allylic oxidation sites excluding steroid dienone is 1. The lowest BCUT2D eigenvalue weighted by atomic mass is 9.87. The summed E-state index contributed by atoms with van der Waals surface area (Å²) >= 11 is 0. The molecule has 2 unspecified atom stereocenters. The molecule has 6 heteroatoms. The van der Waals surface area contributed by atoms with Crippen LogP contribution < -0.4 is 5.32 Å². The third-order valence-electron chi connectivity index (χ3n) is 6.93. The molecule has 0 aliphatic heterocycles. The van der Waals surface area contributed by atoms with Crippen LogP contribution in [0, 0.1) is 25.5 Å². The number of H-pyrrole nitrogens is 1. The zero-order valence-electron chi connectivity index (χ0n) is 23.5. The summed E-state index contributed by atoms with van der Waals surface area (Å²) in [6, 6.07) is 30.6. The lowest BCUT2D eigenvalue weighted by molar-refractivity contribution is 0.596. The number of benzene rings is 4. The fourth-order valence-corrected chi connectivity index (χ4v) is 4.91. The summed E-state index contributed by atoms with van der Waals surface area (Å²) in [4.78, 5) is 11.3. The molecule has 2 atom stereocenters. The van der Waals surface area contributed by atoms with Crippen molar-refractivity contribution in [2.24, 2.45) is 4.99 Å². The van der Waals surface area contributed by atoms with E-state index in [9.17, 15) is 8.78 Å². The number of nitrogens with one attached hydrogen (secondary N) is 2. The van der Waals surface area contributed by atoms with Crippen LogP contribution in [0.1, 0.15) is 50.9 Å². The maximum absolute atomic E-state index is 14.6. The number of rotatable bonds is 8. The van der Waals surface area contributed by atoms with Crippen molar-refractivity contribution in [3.63, 3.8) is 0 Å². The molecular weight excluding hydrogens is 514 g/mol. The van der Waals surface area contributed by atoms with Gasteiger partial charge in [-0.25, -0.2) is 13.8 Å². The quantitative estimate of drug-likeness (QED) is 0.193. The van der Waals surface area contributed by atoms with Gasteiger partial charge in [0.25, 0.3) is 0 Å². The van der Waals surface area contributed by atoms with Gasteiger partial charge in [-0.3, -0.25) is 4.99 Å². The molecule has 1 aromatic heterocycles. The molecule has 4 aromatic carbocycles. The first-order valence-electron chi connectivity index (χ1n) is 13.4. The average Bonchev–Trinajstić information content (AvgIpc) is 3.53.